The molecule has 2 atom stereocenters. The van der Waals surface area contributed by atoms with Crippen LogP contribution in [-0.4, -0.2) is 60.6 Å². The lowest BCUT2D eigenvalue weighted by Crippen LogP contribution is -2.28. The van der Waals surface area contributed by atoms with Gasteiger partial charge < -0.3 is 24.8 Å². The van der Waals surface area contributed by atoms with Crippen molar-refractivity contribution in [3.05, 3.63) is 0 Å². The Bertz CT molecular complexity index is 312. The van der Waals surface area contributed by atoms with E-state index in [0.717, 1.165) is 12.3 Å². The number of hydrogen-bond acceptors (Lipinski definition) is 5. The fraction of sp³-hybridized carbons (Fsp3) is 1.00. The third-order valence-corrected chi connectivity index (χ3v) is 5.31. The van der Waals surface area contributed by atoms with Gasteiger partial charge in [0.1, 0.15) is 12.2 Å². The normalized spacial score (nSPS) is 13.9. The fourth-order valence-electron chi connectivity index (χ4n) is 3.39. The van der Waals surface area contributed by atoms with Gasteiger partial charge in [-0.15, -0.1) is 0 Å². The number of unbranched alkanes of at least 4 members (excludes halogenated alkanes) is 12. The molecule has 0 aliphatic carbocycles. The molecular weight excluding hydrogens is 368 g/mol. The highest BCUT2D eigenvalue weighted by atomic mass is 16.5. The standard InChI is InChI=1S/C24H50O5/c1-22(2)16-14-12-10-8-6-4-3-5-7-9-11-13-15-17-29-24(19-26)21-28-20-23(27)18-25/h22-27H,3-21H2,1-2H3. The number of ether oxygens (including phenoxy) is 2. The van der Waals surface area contributed by atoms with E-state index < -0.39 is 6.10 Å². The van der Waals surface area contributed by atoms with Gasteiger partial charge in [-0.05, 0) is 12.3 Å². The number of hydrogen-bond donors (Lipinski definition) is 3. The average Bonchev–Trinajstić information content (AvgIpc) is 2.71. The van der Waals surface area contributed by atoms with Gasteiger partial charge in [0.15, 0.2) is 0 Å². The summed E-state index contributed by atoms with van der Waals surface area (Å²) in [6.45, 7) is 5.16. The van der Waals surface area contributed by atoms with Gasteiger partial charge in [-0.1, -0.05) is 97.3 Å². The van der Waals surface area contributed by atoms with Crippen molar-refractivity contribution in [1.29, 1.82) is 0 Å². The molecule has 0 aliphatic heterocycles. The quantitative estimate of drug-likeness (QED) is 0.207. The van der Waals surface area contributed by atoms with E-state index in [9.17, 15) is 10.2 Å². The van der Waals surface area contributed by atoms with E-state index in [0.29, 0.717) is 6.61 Å². The summed E-state index contributed by atoms with van der Waals surface area (Å²) in [6.07, 6.45) is 17.5. The summed E-state index contributed by atoms with van der Waals surface area (Å²) >= 11 is 0. The molecule has 0 amide bonds. The molecule has 5 heteroatoms. The first-order valence-corrected chi connectivity index (χ1v) is 12.2. The van der Waals surface area contributed by atoms with Crippen molar-refractivity contribution in [3.8, 4) is 0 Å². The number of rotatable bonds is 23. The minimum Gasteiger partial charge on any atom is -0.394 e. The van der Waals surface area contributed by atoms with Crippen LogP contribution in [0.3, 0.4) is 0 Å². The Hall–Kier alpha value is -0.200. The van der Waals surface area contributed by atoms with Crippen LogP contribution >= 0.6 is 0 Å². The smallest absolute Gasteiger partial charge is 0.104 e. The zero-order chi connectivity index (χ0) is 21.6. The monoisotopic (exact) mass is 418 g/mol. The van der Waals surface area contributed by atoms with Crippen LogP contribution in [0.4, 0.5) is 0 Å². The minimum atomic E-state index is -0.867. The predicted molar refractivity (Wildman–Crippen MR) is 120 cm³/mol. The molecule has 0 aromatic carbocycles. The molecule has 0 radical (unpaired) electrons. The highest BCUT2D eigenvalue weighted by Gasteiger charge is 2.09. The molecule has 0 fully saturated rings. The molecule has 0 saturated heterocycles. The van der Waals surface area contributed by atoms with E-state index in [-0.39, 0.29) is 32.5 Å². The molecular formula is C24H50O5. The van der Waals surface area contributed by atoms with Crippen molar-refractivity contribution >= 4 is 0 Å². The Labute approximate surface area is 180 Å². The zero-order valence-corrected chi connectivity index (χ0v) is 19.3. The van der Waals surface area contributed by atoms with Crippen LogP contribution in [0.25, 0.3) is 0 Å². The van der Waals surface area contributed by atoms with Crippen molar-refractivity contribution in [2.45, 2.75) is 116 Å². The van der Waals surface area contributed by atoms with Crippen molar-refractivity contribution in [2.24, 2.45) is 5.92 Å². The summed E-state index contributed by atoms with van der Waals surface area (Å²) in [5, 5.41) is 27.2. The van der Waals surface area contributed by atoms with Gasteiger partial charge in [-0.2, -0.15) is 0 Å². The molecule has 29 heavy (non-hydrogen) atoms. The fourth-order valence-corrected chi connectivity index (χ4v) is 3.39. The van der Waals surface area contributed by atoms with E-state index in [1.807, 2.05) is 0 Å². The van der Waals surface area contributed by atoms with E-state index in [4.69, 9.17) is 14.6 Å². The second-order valence-corrected chi connectivity index (χ2v) is 8.83. The molecule has 2 unspecified atom stereocenters. The molecule has 0 bridgehead atoms. The lowest BCUT2D eigenvalue weighted by molar-refractivity contribution is -0.0649. The van der Waals surface area contributed by atoms with Crippen molar-refractivity contribution < 1.29 is 24.8 Å². The van der Waals surface area contributed by atoms with Crippen LogP contribution in [0.1, 0.15) is 104 Å². The Morgan fingerprint density at radius 3 is 1.55 bits per heavy atom. The highest BCUT2D eigenvalue weighted by Crippen LogP contribution is 2.14. The number of aliphatic hydroxyl groups excluding tert-OH is 3. The molecule has 0 rings (SSSR count). The van der Waals surface area contributed by atoms with Gasteiger partial charge in [0, 0.05) is 6.61 Å². The molecule has 176 valence electrons. The SMILES string of the molecule is CC(C)CCCCCCCCCCCCCCCOC(CO)COCC(O)CO. The summed E-state index contributed by atoms with van der Waals surface area (Å²) in [5.74, 6) is 0.859. The van der Waals surface area contributed by atoms with Gasteiger partial charge in [0.2, 0.25) is 0 Å². The summed E-state index contributed by atoms with van der Waals surface area (Å²) in [5.41, 5.74) is 0. The maximum atomic E-state index is 9.27. The maximum Gasteiger partial charge on any atom is 0.104 e. The molecule has 3 N–H and O–H groups in total. The summed E-state index contributed by atoms with van der Waals surface area (Å²) in [7, 11) is 0. The van der Waals surface area contributed by atoms with E-state index >= 15 is 0 Å². The predicted octanol–water partition coefficient (Wildman–Crippen LogP) is 4.85. The second kappa shape index (κ2) is 22.5. The molecule has 0 aromatic heterocycles. The highest BCUT2D eigenvalue weighted by molar-refractivity contribution is 4.57. The van der Waals surface area contributed by atoms with Crippen LogP contribution in [0.2, 0.25) is 0 Å². The first kappa shape index (κ1) is 28.8. The Balaban J connectivity index is 3.24. The molecule has 5 nitrogen and oxygen atoms in total. The van der Waals surface area contributed by atoms with Gasteiger partial charge in [0.05, 0.1) is 26.4 Å². The Morgan fingerprint density at radius 2 is 1.10 bits per heavy atom. The topological polar surface area (TPSA) is 79.2 Å². The number of aliphatic hydroxyl groups is 3. The summed E-state index contributed by atoms with van der Waals surface area (Å²) in [4.78, 5) is 0. The van der Waals surface area contributed by atoms with E-state index in [1.165, 1.54) is 83.5 Å². The molecule has 0 saturated carbocycles. The lowest BCUT2D eigenvalue weighted by atomic mass is 10.0. The van der Waals surface area contributed by atoms with Crippen LogP contribution in [0, 0.1) is 5.92 Å². The molecule has 0 spiro atoms. The summed E-state index contributed by atoms with van der Waals surface area (Å²) in [6, 6.07) is 0. The van der Waals surface area contributed by atoms with Crippen LogP contribution in [-0.2, 0) is 9.47 Å². The van der Waals surface area contributed by atoms with Gasteiger partial charge >= 0.3 is 0 Å². The largest absolute Gasteiger partial charge is 0.394 e. The summed E-state index contributed by atoms with van der Waals surface area (Å²) < 4.78 is 10.8. The Kier molecular flexibility index (Phi) is 22.3. The van der Waals surface area contributed by atoms with Crippen LogP contribution < -0.4 is 0 Å². The zero-order valence-electron chi connectivity index (χ0n) is 19.3. The van der Waals surface area contributed by atoms with Crippen molar-refractivity contribution in [1.82, 2.24) is 0 Å². The first-order valence-electron chi connectivity index (χ1n) is 12.2. The molecule has 0 aliphatic rings. The van der Waals surface area contributed by atoms with Crippen LogP contribution in [0.15, 0.2) is 0 Å². The van der Waals surface area contributed by atoms with Gasteiger partial charge in [0.25, 0.3) is 0 Å². The van der Waals surface area contributed by atoms with Crippen molar-refractivity contribution in [2.75, 3.05) is 33.0 Å². The minimum absolute atomic E-state index is 0.0641. The maximum absolute atomic E-state index is 9.27. The van der Waals surface area contributed by atoms with Gasteiger partial charge in [-0.25, -0.2) is 0 Å². The van der Waals surface area contributed by atoms with E-state index in [2.05, 4.69) is 13.8 Å². The Morgan fingerprint density at radius 1 is 0.621 bits per heavy atom. The third kappa shape index (κ3) is 22.3. The lowest BCUT2D eigenvalue weighted by Gasteiger charge is -2.16. The van der Waals surface area contributed by atoms with Crippen molar-refractivity contribution in [3.63, 3.8) is 0 Å². The average molecular weight is 419 g/mol. The van der Waals surface area contributed by atoms with Crippen LogP contribution in [0.5, 0.6) is 0 Å². The second-order valence-electron chi connectivity index (χ2n) is 8.83. The molecule has 0 heterocycles. The third-order valence-electron chi connectivity index (χ3n) is 5.31. The first-order chi connectivity index (χ1) is 14.1. The van der Waals surface area contributed by atoms with E-state index in [1.54, 1.807) is 0 Å². The molecule has 0 aromatic rings. The van der Waals surface area contributed by atoms with Gasteiger partial charge in [-0.3, -0.25) is 0 Å².